The fourth-order valence-electron chi connectivity index (χ4n) is 1.79. The van der Waals surface area contributed by atoms with E-state index in [0.29, 0.717) is 16.3 Å². The summed E-state index contributed by atoms with van der Waals surface area (Å²) in [6, 6.07) is 6.73. The summed E-state index contributed by atoms with van der Waals surface area (Å²) < 4.78 is 31.6. The second-order valence-corrected chi connectivity index (χ2v) is 5.32. The van der Waals surface area contributed by atoms with Crippen LogP contribution in [0.4, 0.5) is 8.78 Å². The van der Waals surface area contributed by atoms with Crippen molar-refractivity contribution in [3.05, 3.63) is 63.1 Å². The standard InChI is InChI=1S/C14H9Cl3F2O/c1-20-13-4-7(15)2-3-8(13)14(17)9-5-11(18)12(19)6-10(9)16/h2-6,14H,1H3. The van der Waals surface area contributed by atoms with Gasteiger partial charge in [-0.25, -0.2) is 8.78 Å². The molecule has 0 aliphatic carbocycles. The second kappa shape index (κ2) is 6.17. The Bertz CT molecular complexity index is 647. The fourth-order valence-corrected chi connectivity index (χ4v) is 2.63. The van der Waals surface area contributed by atoms with Crippen LogP contribution in [-0.2, 0) is 0 Å². The molecule has 20 heavy (non-hydrogen) atoms. The van der Waals surface area contributed by atoms with Crippen LogP contribution < -0.4 is 4.74 Å². The molecule has 0 saturated carbocycles. The summed E-state index contributed by atoms with van der Waals surface area (Å²) in [5.41, 5.74) is 0.819. The van der Waals surface area contributed by atoms with E-state index in [1.165, 1.54) is 7.11 Å². The summed E-state index contributed by atoms with van der Waals surface area (Å²) in [7, 11) is 1.46. The monoisotopic (exact) mass is 336 g/mol. The third-order valence-electron chi connectivity index (χ3n) is 2.78. The molecule has 1 unspecified atom stereocenters. The molecule has 2 rings (SSSR count). The molecule has 2 aromatic carbocycles. The highest BCUT2D eigenvalue weighted by molar-refractivity contribution is 6.33. The van der Waals surface area contributed by atoms with Crippen LogP contribution in [0.5, 0.6) is 5.75 Å². The van der Waals surface area contributed by atoms with Crippen molar-refractivity contribution < 1.29 is 13.5 Å². The van der Waals surface area contributed by atoms with Crippen LogP contribution in [0.25, 0.3) is 0 Å². The minimum atomic E-state index is -1.02. The van der Waals surface area contributed by atoms with Crippen molar-refractivity contribution in [3.63, 3.8) is 0 Å². The molecule has 0 radical (unpaired) electrons. The van der Waals surface area contributed by atoms with Crippen LogP contribution >= 0.6 is 34.8 Å². The largest absolute Gasteiger partial charge is 0.496 e. The highest BCUT2D eigenvalue weighted by Crippen LogP contribution is 2.39. The van der Waals surface area contributed by atoms with Crippen LogP contribution in [0.2, 0.25) is 10.0 Å². The first-order chi connectivity index (χ1) is 9.43. The summed E-state index contributed by atoms with van der Waals surface area (Å²) in [4.78, 5) is 0. The zero-order chi connectivity index (χ0) is 14.9. The molecular weight excluding hydrogens is 329 g/mol. The predicted octanol–water partition coefficient (Wildman–Crippen LogP) is 5.61. The maximum atomic E-state index is 13.3. The van der Waals surface area contributed by atoms with Crippen LogP contribution in [0.3, 0.4) is 0 Å². The number of ether oxygens (including phenoxy) is 1. The molecule has 0 aliphatic heterocycles. The van der Waals surface area contributed by atoms with Gasteiger partial charge in [0.05, 0.1) is 12.5 Å². The zero-order valence-corrected chi connectivity index (χ0v) is 12.5. The van der Waals surface area contributed by atoms with E-state index in [1.54, 1.807) is 18.2 Å². The average molecular weight is 338 g/mol. The van der Waals surface area contributed by atoms with Gasteiger partial charge in [-0.15, -0.1) is 11.6 Å². The van der Waals surface area contributed by atoms with E-state index in [2.05, 4.69) is 0 Å². The van der Waals surface area contributed by atoms with E-state index < -0.39 is 17.0 Å². The Morgan fingerprint density at radius 3 is 2.30 bits per heavy atom. The Hall–Kier alpha value is -1.03. The highest BCUT2D eigenvalue weighted by atomic mass is 35.5. The smallest absolute Gasteiger partial charge is 0.160 e. The molecule has 0 aromatic heterocycles. The number of hydrogen-bond donors (Lipinski definition) is 0. The topological polar surface area (TPSA) is 9.23 Å². The number of methoxy groups -OCH3 is 1. The quantitative estimate of drug-likeness (QED) is 0.522. The van der Waals surface area contributed by atoms with Crippen LogP contribution in [0.15, 0.2) is 30.3 Å². The van der Waals surface area contributed by atoms with Crippen molar-refractivity contribution in [1.29, 1.82) is 0 Å². The van der Waals surface area contributed by atoms with Gasteiger partial charge in [0.25, 0.3) is 0 Å². The molecule has 1 atom stereocenters. The lowest BCUT2D eigenvalue weighted by atomic mass is 10.0. The number of halogens is 5. The lowest BCUT2D eigenvalue weighted by molar-refractivity contribution is 0.410. The summed E-state index contributed by atoms with van der Waals surface area (Å²) >= 11 is 18.1. The lowest BCUT2D eigenvalue weighted by Gasteiger charge is -2.16. The van der Waals surface area contributed by atoms with Gasteiger partial charge in [0.1, 0.15) is 5.75 Å². The molecule has 0 aliphatic rings. The summed E-state index contributed by atoms with van der Waals surface area (Å²) in [6.45, 7) is 0. The van der Waals surface area contributed by atoms with Crippen molar-refractivity contribution in [2.24, 2.45) is 0 Å². The Balaban J connectivity index is 2.51. The molecule has 0 bridgehead atoms. The summed E-state index contributed by atoms with van der Waals surface area (Å²) in [6.07, 6.45) is 0. The SMILES string of the molecule is COc1cc(Cl)ccc1C(Cl)c1cc(F)c(F)cc1Cl. The van der Waals surface area contributed by atoms with Gasteiger partial charge in [-0.1, -0.05) is 29.3 Å². The second-order valence-electron chi connectivity index (χ2n) is 4.04. The molecule has 0 fully saturated rings. The highest BCUT2D eigenvalue weighted by Gasteiger charge is 2.20. The number of hydrogen-bond acceptors (Lipinski definition) is 1. The normalized spacial score (nSPS) is 12.3. The number of benzene rings is 2. The molecule has 0 spiro atoms. The molecule has 0 amide bonds. The van der Waals surface area contributed by atoms with Gasteiger partial charge < -0.3 is 4.74 Å². The van der Waals surface area contributed by atoms with Gasteiger partial charge in [-0.05, 0) is 29.8 Å². The average Bonchev–Trinajstić information content (AvgIpc) is 2.42. The van der Waals surface area contributed by atoms with Crippen molar-refractivity contribution >= 4 is 34.8 Å². The van der Waals surface area contributed by atoms with Crippen molar-refractivity contribution in [3.8, 4) is 5.75 Å². The number of alkyl halides is 1. The maximum Gasteiger partial charge on any atom is 0.160 e. The summed E-state index contributed by atoms with van der Waals surface area (Å²) in [5, 5.41) is -0.267. The van der Waals surface area contributed by atoms with Crippen LogP contribution in [0.1, 0.15) is 16.5 Å². The first kappa shape index (κ1) is 15.4. The summed E-state index contributed by atoms with van der Waals surface area (Å²) in [5.74, 6) is -1.59. The Labute approximate surface area is 130 Å². The molecular formula is C14H9Cl3F2O. The minimum Gasteiger partial charge on any atom is -0.496 e. The van der Waals surface area contributed by atoms with Crippen molar-refractivity contribution in [1.82, 2.24) is 0 Å². The third-order valence-corrected chi connectivity index (χ3v) is 3.81. The molecule has 0 heterocycles. The predicted molar refractivity (Wildman–Crippen MR) is 77.1 cm³/mol. The Morgan fingerprint density at radius 1 is 1.00 bits per heavy atom. The molecule has 2 aromatic rings. The van der Waals surface area contributed by atoms with Gasteiger partial charge >= 0.3 is 0 Å². The van der Waals surface area contributed by atoms with Gasteiger partial charge in [0.15, 0.2) is 11.6 Å². The Morgan fingerprint density at radius 2 is 1.65 bits per heavy atom. The first-order valence-electron chi connectivity index (χ1n) is 5.56. The Kier molecular flexibility index (Phi) is 4.74. The van der Waals surface area contributed by atoms with Gasteiger partial charge in [-0.2, -0.15) is 0 Å². The van der Waals surface area contributed by atoms with Gasteiger partial charge in [0.2, 0.25) is 0 Å². The molecule has 0 saturated heterocycles. The zero-order valence-electron chi connectivity index (χ0n) is 10.3. The number of rotatable bonds is 3. The third kappa shape index (κ3) is 3.00. The molecule has 1 nitrogen and oxygen atoms in total. The van der Waals surface area contributed by atoms with Crippen molar-refractivity contribution in [2.75, 3.05) is 7.11 Å². The molecule has 6 heteroatoms. The maximum absolute atomic E-state index is 13.3. The fraction of sp³-hybridized carbons (Fsp3) is 0.143. The first-order valence-corrected chi connectivity index (χ1v) is 6.75. The molecule has 106 valence electrons. The van der Waals surface area contributed by atoms with E-state index in [-0.39, 0.29) is 10.6 Å². The van der Waals surface area contributed by atoms with Gasteiger partial charge in [-0.3, -0.25) is 0 Å². The van der Waals surface area contributed by atoms with E-state index in [0.717, 1.165) is 12.1 Å². The van der Waals surface area contributed by atoms with Crippen LogP contribution in [-0.4, -0.2) is 7.11 Å². The lowest BCUT2D eigenvalue weighted by Crippen LogP contribution is -2.00. The van der Waals surface area contributed by atoms with E-state index in [9.17, 15) is 8.78 Å². The van der Waals surface area contributed by atoms with Crippen molar-refractivity contribution in [2.45, 2.75) is 5.38 Å². The van der Waals surface area contributed by atoms with Gasteiger partial charge in [0, 0.05) is 15.6 Å². The van der Waals surface area contributed by atoms with E-state index in [1.807, 2.05) is 0 Å². The van der Waals surface area contributed by atoms with Crippen LogP contribution in [0, 0.1) is 11.6 Å². The van der Waals surface area contributed by atoms with E-state index >= 15 is 0 Å². The molecule has 0 N–H and O–H groups in total. The minimum absolute atomic E-state index is 0.0425. The van der Waals surface area contributed by atoms with E-state index in [4.69, 9.17) is 39.5 Å².